The van der Waals surface area contributed by atoms with Gasteiger partial charge >= 0.3 is 0 Å². The topological polar surface area (TPSA) is 20.2 Å². The molecule has 0 spiro atoms. The monoisotopic (exact) mass is 188 g/mol. The van der Waals surface area contributed by atoms with E-state index >= 15 is 0 Å². The molecule has 2 saturated carbocycles. The van der Waals surface area contributed by atoms with Crippen molar-refractivity contribution in [2.24, 2.45) is 11.8 Å². The average Bonchev–Trinajstić information content (AvgIpc) is 2.80. The van der Waals surface area contributed by atoms with E-state index in [9.17, 15) is 5.11 Å². The Kier molecular flexibility index (Phi) is 1.79. The number of phenols is 1. The quantitative estimate of drug-likeness (QED) is 0.717. The normalized spacial score (nSPS) is 35.0. The highest BCUT2D eigenvalue weighted by Crippen LogP contribution is 2.52. The van der Waals surface area contributed by atoms with Gasteiger partial charge in [-0.25, -0.2) is 0 Å². The highest BCUT2D eigenvalue weighted by atomic mass is 16.3. The van der Waals surface area contributed by atoms with Crippen molar-refractivity contribution in [3.05, 3.63) is 29.8 Å². The summed E-state index contributed by atoms with van der Waals surface area (Å²) in [6.07, 6.45) is 5.72. The third-order valence-electron chi connectivity index (χ3n) is 4.06. The Hall–Kier alpha value is -0.980. The second kappa shape index (κ2) is 3.01. The lowest BCUT2D eigenvalue weighted by Crippen LogP contribution is -2.07. The number of phenolic OH excluding ortho intramolecular Hbond substituents is 1. The third kappa shape index (κ3) is 1.23. The minimum atomic E-state index is 0.386. The molecule has 0 aromatic heterocycles. The molecule has 2 aliphatic rings. The van der Waals surface area contributed by atoms with Gasteiger partial charge in [-0.15, -0.1) is 0 Å². The molecule has 14 heavy (non-hydrogen) atoms. The summed E-state index contributed by atoms with van der Waals surface area (Å²) in [4.78, 5) is 0. The van der Waals surface area contributed by atoms with Crippen LogP contribution < -0.4 is 0 Å². The fraction of sp³-hybridized carbons (Fsp3) is 0.538. The Morgan fingerprint density at radius 3 is 2.36 bits per heavy atom. The first kappa shape index (κ1) is 8.34. The number of aromatic hydroxyl groups is 1. The van der Waals surface area contributed by atoms with Crippen molar-refractivity contribution in [3.8, 4) is 5.75 Å². The van der Waals surface area contributed by atoms with Crippen molar-refractivity contribution in [3.63, 3.8) is 0 Å². The van der Waals surface area contributed by atoms with Gasteiger partial charge in [0.15, 0.2) is 0 Å². The van der Waals surface area contributed by atoms with E-state index in [1.54, 1.807) is 0 Å². The molecule has 2 fully saturated rings. The van der Waals surface area contributed by atoms with Crippen molar-refractivity contribution < 1.29 is 5.11 Å². The van der Waals surface area contributed by atoms with Gasteiger partial charge < -0.3 is 5.11 Å². The first-order chi connectivity index (χ1) is 6.83. The molecule has 1 heteroatoms. The van der Waals surface area contributed by atoms with E-state index in [-0.39, 0.29) is 0 Å². The van der Waals surface area contributed by atoms with Crippen LogP contribution in [0.25, 0.3) is 0 Å². The van der Waals surface area contributed by atoms with Crippen LogP contribution in [-0.4, -0.2) is 5.11 Å². The van der Waals surface area contributed by atoms with E-state index in [2.05, 4.69) is 12.1 Å². The van der Waals surface area contributed by atoms with Crippen LogP contribution in [0, 0.1) is 11.8 Å². The van der Waals surface area contributed by atoms with Gasteiger partial charge in [-0.1, -0.05) is 18.6 Å². The SMILES string of the molecule is Oc1ccc([C@H]2C[C@H]3CC[C@@H]2C3)cc1. The molecule has 0 amide bonds. The molecule has 2 aliphatic carbocycles. The Morgan fingerprint density at radius 1 is 1.00 bits per heavy atom. The summed E-state index contributed by atoms with van der Waals surface area (Å²) in [7, 11) is 0. The summed E-state index contributed by atoms with van der Waals surface area (Å²) >= 11 is 0. The third-order valence-corrected chi connectivity index (χ3v) is 4.06. The molecule has 2 bridgehead atoms. The van der Waals surface area contributed by atoms with Gasteiger partial charge in [0, 0.05) is 0 Å². The van der Waals surface area contributed by atoms with Crippen LogP contribution >= 0.6 is 0 Å². The van der Waals surface area contributed by atoms with Crippen LogP contribution in [0.15, 0.2) is 24.3 Å². The molecule has 1 aromatic rings. The molecule has 0 aliphatic heterocycles. The lowest BCUT2D eigenvalue weighted by Gasteiger charge is -2.21. The molecule has 1 aromatic carbocycles. The van der Waals surface area contributed by atoms with Crippen molar-refractivity contribution in [1.29, 1.82) is 0 Å². The average molecular weight is 188 g/mol. The zero-order valence-electron chi connectivity index (χ0n) is 8.32. The van der Waals surface area contributed by atoms with E-state index < -0.39 is 0 Å². The first-order valence-corrected chi connectivity index (χ1v) is 5.62. The van der Waals surface area contributed by atoms with Crippen LogP contribution in [0.1, 0.15) is 37.2 Å². The van der Waals surface area contributed by atoms with Crippen molar-refractivity contribution in [2.45, 2.75) is 31.6 Å². The molecular formula is C13H16O. The molecule has 0 radical (unpaired) electrons. The van der Waals surface area contributed by atoms with Gasteiger partial charge in [0.1, 0.15) is 5.75 Å². The number of fused-ring (bicyclic) bond motifs is 2. The van der Waals surface area contributed by atoms with Crippen molar-refractivity contribution in [1.82, 2.24) is 0 Å². The lowest BCUT2D eigenvalue weighted by molar-refractivity contribution is 0.419. The van der Waals surface area contributed by atoms with Gasteiger partial charge in [-0.05, 0) is 54.7 Å². The molecule has 3 atom stereocenters. The van der Waals surface area contributed by atoms with E-state index in [0.29, 0.717) is 5.75 Å². The summed E-state index contributed by atoms with van der Waals surface area (Å²) in [5.74, 6) is 3.11. The van der Waals surface area contributed by atoms with Gasteiger partial charge in [0.25, 0.3) is 0 Å². The first-order valence-electron chi connectivity index (χ1n) is 5.62. The van der Waals surface area contributed by atoms with Crippen LogP contribution in [0.4, 0.5) is 0 Å². The lowest BCUT2D eigenvalue weighted by atomic mass is 9.83. The number of hydrogen-bond donors (Lipinski definition) is 1. The van der Waals surface area contributed by atoms with Crippen LogP contribution in [0.5, 0.6) is 5.75 Å². The summed E-state index contributed by atoms with van der Waals surface area (Å²) in [5, 5.41) is 9.23. The number of benzene rings is 1. The van der Waals surface area contributed by atoms with Gasteiger partial charge in [-0.2, -0.15) is 0 Å². The summed E-state index contributed by atoms with van der Waals surface area (Å²) in [5.41, 5.74) is 1.44. The molecule has 0 heterocycles. The van der Waals surface area contributed by atoms with E-state index in [0.717, 1.165) is 17.8 Å². The molecular weight excluding hydrogens is 172 g/mol. The molecule has 3 rings (SSSR count). The molecule has 0 unspecified atom stereocenters. The van der Waals surface area contributed by atoms with Gasteiger partial charge in [0.2, 0.25) is 0 Å². The maximum atomic E-state index is 9.23. The fourth-order valence-corrected chi connectivity index (χ4v) is 3.37. The predicted molar refractivity (Wildman–Crippen MR) is 56.3 cm³/mol. The summed E-state index contributed by atoms with van der Waals surface area (Å²) in [6.45, 7) is 0. The highest BCUT2D eigenvalue weighted by molar-refractivity contribution is 5.30. The summed E-state index contributed by atoms with van der Waals surface area (Å²) in [6, 6.07) is 7.84. The molecule has 0 saturated heterocycles. The number of rotatable bonds is 1. The smallest absolute Gasteiger partial charge is 0.115 e. The molecule has 1 N–H and O–H groups in total. The highest BCUT2D eigenvalue weighted by Gasteiger charge is 2.39. The van der Waals surface area contributed by atoms with E-state index in [1.165, 1.54) is 31.2 Å². The van der Waals surface area contributed by atoms with Gasteiger partial charge in [0.05, 0.1) is 0 Å². The van der Waals surface area contributed by atoms with Crippen LogP contribution in [-0.2, 0) is 0 Å². The fourth-order valence-electron chi connectivity index (χ4n) is 3.37. The van der Waals surface area contributed by atoms with Gasteiger partial charge in [-0.3, -0.25) is 0 Å². The maximum Gasteiger partial charge on any atom is 0.115 e. The molecule has 1 nitrogen and oxygen atoms in total. The minimum Gasteiger partial charge on any atom is -0.508 e. The zero-order valence-corrected chi connectivity index (χ0v) is 8.32. The van der Waals surface area contributed by atoms with Crippen LogP contribution in [0.3, 0.4) is 0 Å². The largest absolute Gasteiger partial charge is 0.508 e. The van der Waals surface area contributed by atoms with E-state index in [4.69, 9.17) is 0 Å². The van der Waals surface area contributed by atoms with Crippen molar-refractivity contribution >= 4 is 0 Å². The Balaban J connectivity index is 1.86. The standard InChI is InChI=1S/C13H16O/c14-12-5-3-10(4-6-12)13-8-9-1-2-11(13)7-9/h3-6,9,11,13-14H,1-2,7-8H2/t9-,11+,13+/m0/s1. The van der Waals surface area contributed by atoms with E-state index in [1.807, 2.05) is 12.1 Å². The Labute approximate surface area is 84.8 Å². The second-order valence-electron chi connectivity index (χ2n) is 4.87. The number of hydrogen-bond acceptors (Lipinski definition) is 1. The van der Waals surface area contributed by atoms with Crippen LogP contribution in [0.2, 0.25) is 0 Å². The second-order valence-corrected chi connectivity index (χ2v) is 4.87. The summed E-state index contributed by atoms with van der Waals surface area (Å²) < 4.78 is 0. The minimum absolute atomic E-state index is 0.386. The predicted octanol–water partition coefficient (Wildman–Crippen LogP) is 3.30. The zero-order chi connectivity index (χ0) is 9.54. The van der Waals surface area contributed by atoms with Crippen molar-refractivity contribution in [2.75, 3.05) is 0 Å². The Bertz CT molecular complexity index is 328. The Morgan fingerprint density at radius 2 is 1.79 bits per heavy atom. The maximum absolute atomic E-state index is 9.23. The molecule has 74 valence electrons.